The summed E-state index contributed by atoms with van der Waals surface area (Å²) in [6, 6.07) is 4.55. The summed E-state index contributed by atoms with van der Waals surface area (Å²) in [6.07, 6.45) is 2.65. The first kappa shape index (κ1) is 11.9. The predicted molar refractivity (Wildman–Crippen MR) is 69.6 cm³/mol. The number of hydrogen-bond donors (Lipinski definition) is 2. The van der Waals surface area contributed by atoms with Gasteiger partial charge >= 0.3 is 0 Å². The summed E-state index contributed by atoms with van der Waals surface area (Å²) in [7, 11) is 0. The van der Waals surface area contributed by atoms with Crippen molar-refractivity contribution in [1.29, 1.82) is 0 Å². The Bertz CT molecular complexity index is 464. The van der Waals surface area contributed by atoms with Gasteiger partial charge in [0.25, 0.3) is 0 Å². The molecular formula is C12H14FN3S. The van der Waals surface area contributed by atoms with Gasteiger partial charge in [-0.2, -0.15) is 0 Å². The highest BCUT2D eigenvalue weighted by atomic mass is 32.1. The summed E-state index contributed by atoms with van der Waals surface area (Å²) in [4.78, 5) is 4.26. The number of halogens is 1. The van der Waals surface area contributed by atoms with Crippen LogP contribution < -0.4 is 11.1 Å². The number of benzene rings is 1. The normalized spacial score (nSPS) is 12.4. The van der Waals surface area contributed by atoms with Crippen molar-refractivity contribution in [2.75, 3.05) is 11.1 Å². The molecule has 5 heteroatoms. The summed E-state index contributed by atoms with van der Waals surface area (Å²) in [5.41, 5.74) is 6.71. The lowest BCUT2D eigenvalue weighted by Gasteiger charge is -2.16. The van der Waals surface area contributed by atoms with Crippen molar-refractivity contribution >= 4 is 22.7 Å². The number of anilines is 2. The minimum atomic E-state index is -0.332. The monoisotopic (exact) mass is 251 g/mol. The number of hydrogen-bond acceptors (Lipinski definition) is 4. The number of rotatable bonds is 4. The molecule has 1 aromatic heterocycles. The van der Waals surface area contributed by atoms with Gasteiger partial charge in [0.05, 0.1) is 6.04 Å². The smallest absolute Gasteiger partial charge is 0.127 e. The van der Waals surface area contributed by atoms with Crippen LogP contribution in [0.3, 0.4) is 0 Å². The van der Waals surface area contributed by atoms with Gasteiger partial charge in [0.1, 0.15) is 10.8 Å². The summed E-state index contributed by atoms with van der Waals surface area (Å²) >= 11 is 1.58. The molecule has 2 rings (SSSR count). The fourth-order valence-electron chi connectivity index (χ4n) is 1.64. The van der Waals surface area contributed by atoms with Gasteiger partial charge in [-0.3, -0.25) is 0 Å². The van der Waals surface area contributed by atoms with E-state index < -0.39 is 0 Å². The zero-order valence-electron chi connectivity index (χ0n) is 9.48. The number of thiazole rings is 1. The van der Waals surface area contributed by atoms with Crippen LogP contribution in [0, 0.1) is 5.82 Å². The molecule has 0 aliphatic carbocycles. The molecule has 0 spiro atoms. The number of nitrogens with one attached hydrogen (secondary N) is 1. The molecule has 0 aliphatic heterocycles. The summed E-state index contributed by atoms with van der Waals surface area (Å²) in [5.74, 6) is -0.332. The molecule has 0 radical (unpaired) electrons. The lowest BCUT2D eigenvalue weighted by molar-refractivity contribution is 0.628. The van der Waals surface area contributed by atoms with Crippen LogP contribution in [-0.2, 0) is 0 Å². The highest BCUT2D eigenvalue weighted by molar-refractivity contribution is 7.09. The van der Waals surface area contributed by atoms with E-state index in [1.54, 1.807) is 23.6 Å². The maximum absolute atomic E-state index is 13.2. The first-order valence-electron chi connectivity index (χ1n) is 5.41. The van der Waals surface area contributed by atoms with Crippen molar-refractivity contribution < 1.29 is 4.39 Å². The van der Waals surface area contributed by atoms with E-state index in [0.29, 0.717) is 11.4 Å². The van der Waals surface area contributed by atoms with E-state index in [2.05, 4.69) is 17.2 Å². The Morgan fingerprint density at radius 1 is 1.47 bits per heavy atom. The van der Waals surface area contributed by atoms with Gasteiger partial charge in [-0.25, -0.2) is 9.37 Å². The molecule has 1 atom stereocenters. The second-order valence-electron chi connectivity index (χ2n) is 3.75. The maximum Gasteiger partial charge on any atom is 0.127 e. The molecule has 90 valence electrons. The summed E-state index contributed by atoms with van der Waals surface area (Å²) < 4.78 is 13.2. The third-order valence-electron chi connectivity index (χ3n) is 2.42. The molecule has 0 bridgehead atoms. The van der Waals surface area contributed by atoms with Crippen molar-refractivity contribution in [2.45, 2.75) is 19.4 Å². The molecule has 3 nitrogen and oxygen atoms in total. The number of aromatic nitrogens is 1. The van der Waals surface area contributed by atoms with E-state index >= 15 is 0 Å². The molecule has 17 heavy (non-hydrogen) atoms. The molecule has 0 saturated heterocycles. The highest BCUT2D eigenvalue weighted by Crippen LogP contribution is 2.25. The Labute approximate surface area is 103 Å². The van der Waals surface area contributed by atoms with Crippen LogP contribution in [0.5, 0.6) is 0 Å². The Balaban J connectivity index is 2.18. The predicted octanol–water partition coefficient (Wildman–Crippen LogP) is 3.43. The van der Waals surface area contributed by atoms with E-state index in [-0.39, 0.29) is 11.9 Å². The van der Waals surface area contributed by atoms with Gasteiger partial charge in [-0.1, -0.05) is 6.92 Å². The van der Waals surface area contributed by atoms with Crippen LogP contribution in [0.2, 0.25) is 0 Å². The quantitative estimate of drug-likeness (QED) is 0.818. The van der Waals surface area contributed by atoms with Crippen LogP contribution in [0.1, 0.15) is 24.4 Å². The van der Waals surface area contributed by atoms with Crippen molar-refractivity contribution in [3.63, 3.8) is 0 Å². The third kappa shape index (κ3) is 2.94. The number of nitrogens with zero attached hydrogens (tertiary/aromatic N) is 1. The maximum atomic E-state index is 13.2. The topological polar surface area (TPSA) is 50.9 Å². The van der Waals surface area contributed by atoms with Gasteiger partial charge in [0, 0.05) is 23.0 Å². The molecule has 1 aromatic carbocycles. The molecule has 0 aliphatic rings. The minimum Gasteiger partial charge on any atom is -0.399 e. The molecule has 2 aromatic rings. The molecule has 1 heterocycles. The zero-order chi connectivity index (χ0) is 12.3. The van der Waals surface area contributed by atoms with Gasteiger partial charge in [0.2, 0.25) is 0 Å². The van der Waals surface area contributed by atoms with Gasteiger partial charge < -0.3 is 11.1 Å². The summed E-state index contributed by atoms with van der Waals surface area (Å²) in [5, 5.41) is 6.17. The Hall–Kier alpha value is -1.62. The van der Waals surface area contributed by atoms with E-state index in [0.717, 1.165) is 11.4 Å². The molecule has 0 saturated carbocycles. The largest absolute Gasteiger partial charge is 0.399 e. The van der Waals surface area contributed by atoms with Crippen LogP contribution in [0.25, 0.3) is 0 Å². The lowest BCUT2D eigenvalue weighted by Crippen LogP contribution is -2.09. The van der Waals surface area contributed by atoms with Crippen molar-refractivity contribution in [1.82, 2.24) is 4.98 Å². The van der Waals surface area contributed by atoms with Crippen LogP contribution in [0.4, 0.5) is 15.8 Å². The molecule has 0 amide bonds. The van der Waals surface area contributed by atoms with Crippen molar-refractivity contribution in [3.05, 3.63) is 40.6 Å². The first-order valence-corrected chi connectivity index (χ1v) is 6.29. The van der Waals surface area contributed by atoms with Crippen LogP contribution in [0.15, 0.2) is 29.8 Å². The number of nitrogen functional groups attached to an aromatic ring is 1. The zero-order valence-corrected chi connectivity index (χ0v) is 10.3. The third-order valence-corrected chi connectivity index (χ3v) is 3.31. The first-order chi connectivity index (χ1) is 8.19. The lowest BCUT2D eigenvalue weighted by atomic mass is 10.2. The van der Waals surface area contributed by atoms with E-state index in [4.69, 9.17) is 5.73 Å². The fourth-order valence-corrected chi connectivity index (χ4v) is 2.41. The Morgan fingerprint density at radius 2 is 2.29 bits per heavy atom. The SMILES string of the molecule is CCC(Nc1cc(N)cc(F)c1)c1nccs1. The average molecular weight is 251 g/mol. The van der Waals surface area contributed by atoms with Crippen LogP contribution >= 0.6 is 11.3 Å². The van der Waals surface area contributed by atoms with E-state index in [1.807, 2.05) is 5.38 Å². The van der Waals surface area contributed by atoms with Crippen LogP contribution in [-0.4, -0.2) is 4.98 Å². The minimum absolute atomic E-state index is 0.0937. The van der Waals surface area contributed by atoms with E-state index in [9.17, 15) is 4.39 Å². The van der Waals surface area contributed by atoms with Gasteiger partial charge in [-0.15, -0.1) is 11.3 Å². The molecule has 0 fully saturated rings. The average Bonchev–Trinajstić information content (AvgIpc) is 2.77. The fraction of sp³-hybridized carbons (Fsp3) is 0.250. The Kier molecular flexibility index (Phi) is 3.58. The highest BCUT2D eigenvalue weighted by Gasteiger charge is 2.12. The standard InChI is InChI=1S/C12H14FN3S/c1-2-11(12-15-3-4-17-12)16-10-6-8(13)5-9(14)7-10/h3-7,11,16H,2,14H2,1H3. The second-order valence-corrected chi connectivity index (χ2v) is 4.67. The Morgan fingerprint density at radius 3 is 2.88 bits per heavy atom. The van der Waals surface area contributed by atoms with Gasteiger partial charge in [-0.05, 0) is 24.6 Å². The van der Waals surface area contributed by atoms with E-state index in [1.165, 1.54) is 12.1 Å². The molecule has 3 N–H and O–H groups in total. The molecular weight excluding hydrogens is 237 g/mol. The van der Waals surface area contributed by atoms with Gasteiger partial charge in [0.15, 0.2) is 0 Å². The summed E-state index contributed by atoms with van der Waals surface area (Å²) in [6.45, 7) is 2.06. The van der Waals surface area contributed by atoms with Crippen molar-refractivity contribution in [3.8, 4) is 0 Å². The molecule has 1 unspecified atom stereocenters. The van der Waals surface area contributed by atoms with Crippen molar-refractivity contribution in [2.24, 2.45) is 0 Å². The second kappa shape index (κ2) is 5.14. The number of nitrogens with two attached hydrogens (primary N) is 1.